The second kappa shape index (κ2) is 8.35. The summed E-state index contributed by atoms with van der Waals surface area (Å²) in [6, 6.07) is 6.17. The molecule has 146 valence electrons. The van der Waals surface area contributed by atoms with Crippen LogP contribution in [0.2, 0.25) is 0 Å². The molecule has 0 saturated carbocycles. The Bertz CT molecular complexity index is 972. The maximum absolute atomic E-state index is 12.8. The van der Waals surface area contributed by atoms with E-state index in [0.717, 1.165) is 15.7 Å². The van der Waals surface area contributed by atoms with Crippen LogP contribution in [0.3, 0.4) is 0 Å². The highest BCUT2D eigenvalue weighted by Gasteiger charge is 2.22. The first-order valence-electron chi connectivity index (χ1n) is 9.04. The zero-order valence-corrected chi connectivity index (χ0v) is 16.7. The molecule has 0 amide bonds. The summed E-state index contributed by atoms with van der Waals surface area (Å²) >= 11 is 0. The van der Waals surface area contributed by atoms with Gasteiger partial charge < -0.3 is 5.73 Å². The van der Waals surface area contributed by atoms with Crippen molar-refractivity contribution in [3.8, 4) is 0 Å². The summed E-state index contributed by atoms with van der Waals surface area (Å²) in [7, 11) is 3.19. The van der Waals surface area contributed by atoms with Crippen molar-refractivity contribution in [3.63, 3.8) is 0 Å². The average molecular weight is 372 g/mol. The highest BCUT2D eigenvalue weighted by atomic mass is 16.2. The van der Waals surface area contributed by atoms with Gasteiger partial charge in [0.05, 0.1) is 6.54 Å². The number of Topliss-reactive ketones (excluding diaryl/α,β-unsaturated/α-hetero) is 1. The second-order valence-electron chi connectivity index (χ2n) is 7.08. The molecule has 1 aromatic carbocycles. The van der Waals surface area contributed by atoms with Crippen LogP contribution in [0.4, 0.5) is 5.82 Å². The summed E-state index contributed by atoms with van der Waals surface area (Å²) in [5, 5.41) is 0. The Morgan fingerprint density at radius 3 is 2.48 bits per heavy atom. The van der Waals surface area contributed by atoms with E-state index in [2.05, 4.69) is 6.07 Å². The van der Waals surface area contributed by atoms with Gasteiger partial charge in [-0.3, -0.25) is 23.6 Å². The third-order valence-electron chi connectivity index (χ3n) is 4.66. The largest absolute Gasteiger partial charge is 0.384 e. The van der Waals surface area contributed by atoms with Gasteiger partial charge in [-0.1, -0.05) is 30.7 Å². The molecule has 7 heteroatoms. The number of hydrogen-bond acceptors (Lipinski definition) is 5. The van der Waals surface area contributed by atoms with Crippen LogP contribution in [-0.4, -0.2) is 33.4 Å². The van der Waals surface area contributed by atoms with Gasteiger partial charge in [0.25, 0.3) is 5.56 Å². The number of anilines is 1. The van der Waals surface area contributed by atoms with E-state index in [4.69, 9.17) is 5.73 Å². The zero-order chi connectivity index (χ0) is 20.3. The lowest BCUT2D eigenvalue weighted by Gasteiger charge is -2.19. The number of carbonyl (C=O) groups is 1. The lowest BCUT2D eigenvalue weighted by Crippen LogP contribution is -2.43. The Labute approximate surface area is 159 Å². The molecular formula is C20H28N4O3. The van der Waals surface area contributed by atoms with Crippen molar-refractivity contribution in [2.75, 3.05) is 19.3 Å². The summed E-state index contributed by atoms with van der Waals surface area (Å²) in [6.45, 7) is 6.94. The Morgan fingerprint density at radius 2 is 1.89 bits per heavy atom. The van der Waals surface area contributed by atoms with Gasteiger partial charge in [0.2, 0.25) is 0 Å². The summed E-state index contributed by atoms with van der Waals surface area (Å²) in [5.74, 6) is -0.430. The smallest absolute Gasteiger partial charge is 0.332 e. The van der Waals surface area contributed by atoms with Gasteiger partial charge in [-0.25, -0.2) is 4.79 Å². The molecule has 1 heterocycles. The Morgan fingerprint density at radius 1 is 1.22 bits per heavy atom. The van der Waals surface area contributed by atoms with Crippen LogP contribution in [0, 0.1) is 13.8 Å². The van der Waals surface area contributed by atoms with Crippen LogP contribution in [-0.2, 0) is 20.1 Å². The number of carbonyl (C=O) groups excluding carboxylic acids is 1. The highest BCUT2D eigenvalue weighted by molar-refractivity contribution is 6.01. The summed E-state index contributed by atoms with van der Waals surface area (Å²) < 4.78 is 2.24. The topological polar surface area (TPSA) is 90.3 Å². The first-order valence-corrected chi connectivity index (χ1v) is 9.04. The van der Waals surface area contributed by atoms with Crippen LogP contribution < -0.4 is 17.0 Å². The molecule has 0 bridgehead atoms. The molecule has 27 heavy (non-hydrogen) atoms. The van der Waals surface area contributed by atoms with Gasteiger partial charge >= 0.3 is 5.69 Å². The van der Waals surface area contributed by atoms with Crippen molar-refractivity contribution in [1.29, 1.82) is 0 Å². The summed E-state index contributed by atoms with van der Waals surface area (Å²) in [4.78, 5) is 39.3. The lowest BCUT2D eigenvalue weighted by atomic mass is 10.1. The van der Waals surface area contributed by atoms with E-state index in [-0.39, 0.29) is 23.7 Å². The number of nitrogens with zero attached hydrogens (tertiary/aromatic N) is 3. The van der Waals surface area contributed by atoms with Crippen molar-refractivity contribution in [2.45, 2.75) is 40.3 Å². The number of ketones is 1. The van der Waals surface area contributed by atoms with Crippen molar-refractivity contribution in [1.82, 2.24) is 14.0 Å². The SMILES string of the molecule is CCCn1c(N)c(C(=O)CN(C)Cc2ccc(C)cc2C)c(=O)n(C)c1=O. The van der Waals surface area contributed by atoms with E-state index in [1.807, 2.05) is 44.9 Å². The molecule has 0 saturated heterocycles. The molecule has 1 aromatic heterocycles. The molecule has 2 N–H and O–H groups in total. The third kappa shape index (κ3) is 4.36. The fraction of sp³-hybridized carbons (Fsp3) is 0.450. The van der Waals surface area contributed by atoms with Gasteiger partial charge in [-0.15, -0.1) is 0 Å². The lowest BCUT2D eigenvalue weighted by molar-refractivity contribution is 0.0941. The number of likely N-dealkylation sites (N-methyl/N-ethyl adjacent to an activating group) is 1. The first-order chi connectivity index (χ1) is 12.7. The third-order valence-corrected chi connectivity index (χ3v) is 4.66. The van der Waals surface area contributed by atoms with Crippen molar-refractivity contribution >= 4 is 11.6 Å². The molecule has 0 aliphatic heterocycles. The maximum atomic E-state index is 12.8. The van der Waals surface area contributed by atoms with E-state index in [1.165, 1.54) is 17.2 Å². The van der Waals surface area contributed by atoms with Gasteiger partial charge in [0.1, 0.15) is 11.4 Å². The number of benzene rings is 1. The molecule has 2 rings (SSSR count). The fourth-order valence-corrected chi connectivity index (χ4v) is 3.18. The van der Waals surface area contributed by atoms with Gasteiger partial charge in [0, 0.05) is 20.1 Å². The first kappa shape index (κ1) is 20.6. The average Bonchev–Trinajstić information content (AvgIpc) is 2.59. The van der Waals surface area contributed by atoms with Crippen LogP contribution in [0.25, 0.3) is 0 Å². The van der Waals surface area contributed by atoms with E-state index < -0.39 is 11.2 Å². The Balaban J connectivity index is 2.30. The highest BCUT2D eigenvalue weighted by Crippen LogP contribution is 2.13. The van der Waals surface area contributed by atoms with Crippen molar-refractivity contribution < 1.29 is 4.79 Å². The summed E-state index contributed by atoms with van der Waals surface area (Å²) in [5.41, 5.74) is 8.22. The van der Waals surface area contributed by atoms with E-state index in [0.29, 0.717) is 19.5 Å². The molecule has 0 spiro atoms. The molecule has 2 aromatic rings. The van der Waals surface area contributed by atoms with Crippen LogP contribution in [0.1, 0.15) is 40.4 Å². The standard InChI is InChI=1S/C20H28N4O3/c1-6-9-24-18(21)17(19(26)23(5)20(24)27)16(25)12-22(4)11-15-8-7-13(2)10-14(15)3/h7-8,10H,6,9,11-12,21H2,1-5H3. The number of nitrogens with two attached hydrogens (primary N) is 1. The van der Waals surface area contributed by atoms with E-state index >= 15 is 0 Å². The van der Waals surface area contributed by atoms with Gasteiger partial charge in [0.15, 0.2) is 5.78 Å². The zero-order valence-electron chi connectivity index (χ0n) is 16.7. The minimum Gasteiger partial charge on any atom is -0.384 e. The predicted molar refractivity (Wildman–Crippen MR) is 107 cm³/mol. The summed E-state index contributed by atoms with van der Waals surface area (Å²) in [6.07, 6.45) is 0.669. The quantitative estimate of drug-likeness (QED) is 0.744. The van der Waals surface area contributed by atoms with Crippen LogP contribution >= 0.6 is 0 Å². The van der Waals surface area contributed by atoms with Crippen molar-refractivity contribution in [2.24, 2.45) is 7.05 Å². The monoisotopic (exact) mass is 372 g/mol. The van der Waals surface area contributed by atoms with E-state index in [1.54, 1.807) is 0 Å². The fourth-order valence-electron chi connectivity index (χ4n) is 3.18. The minimum atomic E-state index is -0.644. The Hall–Kier alpha value is -2.67. The number of hydrogen-bond donors (Lipinski definition) is 1. The molecule has 0 radical (unpaired) electrons. The normalized spacial score (nSPS) is 11.2. The van der Waals surface area contributed by atoms with Crippen LogP contribution in [0.5, 0.6) is 0 Å². The molecule has 0 aliphatic rings. The molecular weight excluding hydrogens is 344 g/mol. The van der Waals surface area contributed by atoms with E-state index in [9.17, 15) is 14.4 Å². The second-order valence-corrected chi connectivity index (χ2v) is 7.08. The van der Waals surface area contributed by atoms with Crippen LogP contribution in [0.15, 0.2) is 27.8 Å². The molecule has 0 aliphatic carbocycles. The number of aromatic nitrogens is 2. The number of aryl methyl sites for hydroxylation is 2. The van der Waals surface area contributed by atoms with Crippen molar-refractivity contribution in [3.05, 3.63) is 61.3 Å². The number of rotatable bonds is 7. The predicted octanol–water partition coefficient (Wildman–Crippen LogP) is 1.47. The Kier molecular flexibility index (Phi) is 6.38. The molecule has 0 unspecified atom stereocenters. The number of nitrogen functional groups attached to an aromatic ring is 1. The van der Waals surface area contributed by atoms with Gasteiger partial charge in [-0.2, -0.15) is 0 Å². The van der Waals surface area contributed by atoms with Gasteiger partial charge in [-0.05, 0) is 38.4 Å². The minimum absolute atomic E-state index is 0.0388. The molecule has 0 atom stereocenters. The molecule has 7 nitrogen and oxygen atoms in total. The molecule has 0 fully saturated rings. The maximum Gasteiger partial charge on any atom is 0.332 e.